The molecule has 6 atom stereocenters. The molecule has 1 fully saturated rings. The van der Waals surface area contributed by atoms with Gasteiger partial charge in [0.1, 0.15) is 42.8 Å². The van der Waals surface area contributed by atoms with Crippen molar-refractivity contribution in [3.8, 4) is 17.2 Å². The largest absolute Gasteiger partial charge is 0.459 e. The lowest BCUT2D eigenvalue weighted by molar-refractivity contribution is -0.384. The van der Waals surface area contributed by atoms with E-state index in [9.17, 15) is 29.9 Å². The van der Waals surface area contributed by atoms with Crippen molar-refractivity contribution in [2.45, 2.75) is 75.8 Å². The molecule has 5 aromatic rings. The molecule has 70 heavy (non-hydrogen) atoms. The highest BCUT2D eigenvalue weighted by atomic mass is 35.5. The van der Waals surface area contributed by atoms with Gasteiger partial charge in [0.2, 0.25) is 5.79 Å². The van der Waals surface area contributed by atoms with Crippen LogP contribution in [0.4, 0.5) is 10.5 Å². The van der Waals surface area contributed by atoms with Crippen molar-refractivity contribution in [3.05, 3.63) is 166 Å². The van der Waals surface area contributed by atoms with Gasteiger partial charge in [-0.15, -0.1) is 18.2 Å². The van der Waals surface area contributed by atoms with E-state index in [1.54, 1.807) is 47.4 Å². The molecule has 1 aliphatic heterocycles. The number of aliphatic hydroxyl groups excluding tert-OH is 2. The summed E-state index contributed by atoms with van der Waals surface area (Å²) in [5.41, 5.74) is 4.15. The molecule has 0 spiro atoms. The molecule has 3 aliphatic rings. The topological polar surface area (TPSA) is 179 Å². The number of amides is 1. The molecular formula is C55H58ClN3O11. The van der Waals surface area contributed by atoms with E-state index >= 15 is 0 Å². The first-order valence-corrected chi connectivity index (χ1v) is 24.4. The number of rotatable bonds is 23. The third kappa shape index (κ3) is 10.9. The smallest absolute Gasteiger partial charge is 0.410 e. The lowest BCUT2D eigenvalue weighted by Crippen LogP contribution is -2.70. The minimum absolute atomic E-state index is 0.00181. The number of carbonyl (C=O) groups is 2. The first-order chi connectivity index (χ1) is 34.2. The van der Waals surface area contributed by atoms with E-state index in [0.29, 0.717) is 53.3 Å². The number of aliphatic hydroxyl groups is 2. The van der Waals surface area contributed by atoms with Crippen molar-refractivity contribution in [2.75, 3.05) is 32.3 Å². The summed E-state index contributed by atoms with van der Waals surface area (Å²) in [5.74, 6) is -1.12. The second-order valence-electron chi connectivity index (χ2n) is 17.8. The fourth-order valence-electron chi connectivity index (χ4n) is 10.5. The molecule has 0 unspecified atom stereocenters. The Morgan fingerprint density at radius 1 is 0.943 bits per heavy atom. The number of nitrogens with zero attached hydrogens (tertiary/aromatic N) is 3. The Bertz CT molecular complexity index is 2710. The molecule has 15 heteroatoms. The number of allylic oxidation sites excluding steroid dienone is 1. The van der Waals surface area contributed by atoms with Gasteiger partial charge in [0.05, 0.1) is 35.6 Å². The Kier molecular flexibility index (Phi) is 16.6. The van der Waals surface area contributed by atoms with Crippen molar-refractivity contribution in [3.63, 3.8) is 0 Å². The van der Waals surface area contributed by atoms with E-state index < -0.39 is 28.8 Å². The van der Waals surface area contributed by atoms with Crippen molar-refractivity contribution >= 4 is 46.2 Å². The second-order valence-corrected chi connectivity index (χ2v) is 18.2. The fraction of sp³-hybridized carbons (Fsp3) is 0.364. The number of hydrogen-bond donors (Lipinski definition) is 2. The van der Waals surface area contributed by atoms with Crippen LogP contribution in [0.2, 0.25) is 0 Å². The first-order valence-electron chi connectivity index (χ1n) is 23.8. The molecule has 0 aromatic heterocycles. The van der Waals surface area contributed by atoms with Crippen molar-refractivity contribution in [1.29, 1.82) is 0 Å². The van der Waals surface area contributed by atoms with Crippen LogP contribution in [0.15, 0.2) is 139 Å². The Morgan fingerprint density at radius 3 is 2.46 bits per heavy atom. The van der Waals surface area contributed by atoms with Crippen LogP contribution >= 0.6 is 11.6 Å². The van der Waals surface area contributed by atoms with Gasteiger partial charge in [-0.3, -0.25) is 19.8 Å². The highest BCUT2D eigenvalue weighted by molar-refractivity contribution is 6.18. The number of ether oxygens (including phenoxy) is 4. The molecular weight excluding hydrogens is 914 g/mol. The summed E-state index contributed by atoms with van der Waals surface area (Å²) in [6, 6.07) is 31.7. The highest BCUT2D eigenvalue weighted by Gasteiger charge is 2.65. The molecule has 2 aliphatic carbocycles. The summed E-state index contributed by atoms with van der Waals surface area (Å²) in [5, 5.41) is 38.4. The Hall–Kier alpha value is -6.58. The van der Waals surface area contributed by atoms with Gasteiger partial charge in [-0.2, -0.15) is 0 Å². The van der Waals surface area contributed by atoms with Gasteiger partial charge < -0.3 is 34.0 Å². The molecule has 0 bridgehead atoms. The number of unbranched alkanes of at least 4 members (excludes halogenated alkanes) is 2. The number of non-ortho nitro benzene ring substituents is 1. The highest BCUT2D eigenvalue weighted by Crippen LogP contribution is 2.62. The summed E-state index contributed by atoms with van der Waals surface area (Å²) in [6.07, 6.45) is 8.23. The van der Waals surface area contributed by atoms with Gasteiger partial charge in [0.25, 0.3) is 5.69 Å². The van der Waals surface area contributed by atoms with Crippen LogP contribution in [-0.4, -0.2) is 82.3 Å². The van der Waals surface area contributed by atoms with Crippen molar-refractivity contribution in [1.82, 2.24) is 4.90 Å². The number of benzene rings is 5. The number of carbonyl (C=O) groups excluding carboxylic acids is 2. The predicted molar refractivity (Wildman–Crippen MR) is 266 cm³/mol. The molecule has 0 saturated heterocycles. The number of oxime groups is 1. The normalized spacial score (nSPS) is 21.7. The molecule has 1 heterocycles. The molecule has 2 N–H and O–H groups in total. The lowest BCUT2D eigenvalue weighted by atomic mass is 9.55. The second kappa shape index (κ2) is 23.4. The Labute approximate surface area is 412 Å². The van der Waals surface area contributed by atoms with E-state index in [4.69, 9.17) is 40.5 Å². The van der Waals surface area contributed by atoms with Crippen LogP contribution in [0, 0.1) is 27.9 Å². The first kappa shape index (κ1) is 49.8. The van der Waals surface area contributed by atoms with Gasteiger partial charge >= 0.3 is 6.09 Å². The quantitative estimate of drug-likeness (QED) is 0.0159. The van der Waals surface area contributed by atoms with E-state index in [0.717, 1.165) is 53.0 Å². The SMILES string of the molecule is C=CCO[C@@]12Oc3ccc(Oc4cccc(C=O)c4)cc3[C@H]3[C@H](CCCCO)[C@@H](CCCCO)C=C(C(=NOCc4ccc([N+](=O)[O-])cc4)C[C@@H]1N(Cc1cccc4ccccc14)C(=O)OCCCl)[C@H]32. The third-order valence-electron chi connectivity index (χ3n) is 13.6. The molecule has 8 rings (SSSR count). The fourth-order valence-corrected chi connectivity index (χ4v) is 10.6. The van der Waals surface area contributed by atoms with Crippen LogP contribution < -0.4 is 9.47 Å². The maximum atomic E-state index is 14.9. The standard InChI is InChI=1S/C55H58ClN3O11/c1-2-28-67-55-51(58(54(63)66-29-25-56)34-41-15-10-14-39-12-3-4-17-45(39)41)33-49(57-68-36-37-19-21-42(22-20-37)59(64)65)47-31-40(13-5-7-26-60)46(18-6-8-27-61)52(53(47)55)48-32-44(23-24-50(48)70-55)69-43-16-9-11-38(30-43)35-62/h2-4,9-12,14-17,19-24,30-32,35,40,46,51-53,60-61H,1,5-8,13,18,25-29,33-34,36H2/t40-,46+,51-,52+,53+,55+/m0/s1. The van der Waals surface area contributed by atoms with Crippen molar-refractivity contribution in [2.24, 2.45) is 22.9 Å². The minimum Gasteiger partial charge on any atom is -0.459 e. The molecule has 1 saturated carbocycles. The lowest BCUT2D eigenvalue weighted by Gasteiger charge is -2.59. The summed E-state index contributed by atoms with van der Waals surface area (Å²) in [6.45, 7) is 4.20. The monoisotopic (exact) mass is 971 g/mol. The van der Waals surface area contributed by atoms with Crippen molar-refractivity contribution < 1.29 is 48.5 Å². The number of hydrogen-bond acceptors (Lipinski definition) is 12. The Morgan fingerprint density at radius 2 is 1.70 bits per heavy atom. The van der Waals surface area contributed by atoms with Gasteiger partial charge in [-0.25, -0.2) is 4.79 Å². The van der Waals surface area contributed by atoms with Gasteiger partial charge in [0.15, 0.2) is 0 Å². The third-order valence-corrected chi connectivity index (χ3v) is 13.7. The van der Waals surface area contributed by atoms with Crippen LogP contribution in [0.1, 0.15) is 77.9 Å². The van der Waals surface area contributed by atoms with Gasteiger partial charge in [0, 0.05) is 48.8 Å². The summed E-state index contributed by atoms with van der Waals surface area (Å²) in [4.78, 5) is 45.5. The number of nitro groups is 1. The average molecular weight is 973 g/mol. The molecule has 366 valence electrons. The predicted octanol–water partition coefficient (Wildman–Crippen LogP) is 11.1. The number of nitro benzene ring substituents is 1. The molecule has 14 nitrogen and oxygen atoms in total. The van der Waals surface area contributed by atoms with E-state index in [-0.39, 0.29) is 75.3 Å². The molecule has 0 radical (unpaired) electrons. The maximum absolute atomic E-state index is 14.9. The summed E-state index contributed by atoms with van der Waals surface area (Å²) in [7, 11) is 0. The summed E-state index contributed by atoms with van der Waals surface area (Å²) < 4.78 is 27.0. The maximum Gasteiger partial charge on any atom is 0.410 e. The molecule has 5 aromatic carbocycles. The van der Waals surface area contributed by atoms with Crippen LogP contribution in [-0.2, 0) is 27.5 Å². The number of fused-ring (bicyclic) bond motifs is 3. The van der Waals surface area contributed by atoms with E-state index in [2.05, 4.69) is 12.7 Å². The van der Waals surface area contributed by atoms with E-state index in [1.807, 2.05) is 60.7 Å². The van der Waals surface area contributed by atoms with E-state index in [1.165, 1.54) is 12.1 Å². The average Bonchev–Trinajstić information content (AvgIpc) is 3.38. The zero-order valence-corrected chi connectivity index (χ0v) is 39.7. The van der Waals surface area contributed by atoms with Crippen LogP contribution in [0.25, 0.3) is 10.8 Å². The van der Waals surface area contributed by atoms with Crippen LogP contribution in [0.5, 0.6) is 17.2 Å². The summed E-state index contributed by atoms with van der Waals surface area (Å²) >= 11 is 6.18. The number of aldehydes is 1. The zero-order chi connectivity index (χ0) is 49.0. The zero-order valence-electron chi connectivity index (χ0n) is 38.9. The molecule has 1 amide bonds. The number of alkyl halides is 1. The Balaban J connectivity index is 1.35. The van der Waals surface area contributed by atoms with Crippen LogP contribution in [0.3, 0.4) is 0 Å². The minimum atomic E-state index is -1.59. The van der Waals surface area contributed by atoms with Gasteiger partial charge in [-0.05, 0) is 107 Å². The van der Waals surface area contributed by atoms with Gasteiger partial charge in [-0.1, -0.05) is 84.7 Å². The number of halogens is 1.